The summed E-state index contributed by atoms with van der Waals surface area (Å²) in [6.07, 6.45) is -5.17. The van der Waals surface area contributed by atoms with Gasteiger partial charge in [0.05, 0.1) is 0 Å². The van der Waals surface area contributed by atoms with Crippen LogP contribution >= 0.6 is 11.3 Å². The summed E-state index contributed by atoms with van der Waals surface area (Å²) in [4.78, 5) is 98.0. The molecule has 0 aliphatic carbocycles. The average molecular weight is 965 g/mol. The van der Waals surface area contributed by atoms with Gasteiger partial charge in [-0.2, -0.15) is 0 Å². The van der Waals surface area contributed by atoms with Crippen molar-refractivity contribution < 1.29 is 48.9 Å². The molecule has 1 aromatic heterocycles. The van der Waals surface area contributed by atoms with E-state index < -0.39 is 83.8 Å². The number of anilines is 1. The molecule has 0 spiro atoms. The minimum atomic E-state index is -2.33. The summed E-state index contributed by atoms with van der Waals surface area (Å²) in [7, 11) is 0. The van der Waals surface area contributed by atoms with Crippen molar-refractivity contribution in [1.29, 1.82) is 0 Å². The second-order valence-corrected chi connectivity index (χ2v) is 17.9. The molecule has 8 rings (SSSR count). The first-order chi connectivity index (χ1) is 33.8. The minimum absolute atomic E-state index is 0.0679. The standard InChI is InChI=1S/C53H52N6O10S/c60-45-46(61)52(67)58-43(31-39-17-10-26-70-39)50(65)57-41(28-34-18-22-37(23-19-34)36-15-8-3-9-16-36)48(63)55-40(27-32-11-4-1-5-12-32)47(62)56-42(29-35-20-24-38(25-21-35)54-51(45)66)49(64)59-44(53(68)69)30-33-13-6-2-7-14-33/h1-26,40-46,60-61H,27-31H2,(H,54,66)(H,55,63)(H,56,62)(H,57,65)(H,58,67)(H,59,64)(H,68,69)/t40-,41+,42+,43-,44-,45+,46+/m0/s1. The van der Waals surface area contributed by atoms with Crippen LogP contribution in [0.5, 0.6) is 0 Å². The maximum atomic E-state index is 14.8. The summed E-state index contributed by atoms with van der Waals surface area (Å²) in [5.41, 5.74) is 4.30. The molecule has 0 fully saturated rings. The highest BCUT2D eigenvalue weighted by Crippen LogP contribution is 2.21. The molecular formula is C53H52N6O10S. The van der Waals surface area contributed by atoms with Crippen molar-refractivity contribution in [1.82, 2.24) is 26.6 Å². The van der Waals surface area contributed by atoms with Gasteiger partial charge in [-0.15, -0.1) is 11.3 Å². The van der Waals surface area contributed by atoms with E-state index >= 15 is 0 Å². The molecule has 0 saturated heterocycles. The second kappa shape index (κ2) is 23.8. The van der Waals surface area contributed by atoms with E-state index in [2.05, 4.69) is 31.9 Å². The zero-order valence-corrected chi connectivity index (χ0v) is 38.5. The highest BCUT2D eigenvalue weighted by molar-refractivity contribution is 7.09. The lowest BCUT2D eigenvalue weighted by atomic mass is 9.98. The third-order valence-electron chi connectivity index (χ3n) is 11.7. The quantitative estimate of drug-likeness (QED) is 0.0811. The van der Waals surface area contributed by atoms with Crippen molar-refractivity contribution in [3.05, 3.63) is 184 Å². The summed E-state index contributed by atoms with van der Waals surface area (Å²) >= 11 is 1.28. The van der Waals surface area contributed by atoms with Gasteiger partial charge in [-0.05, 0) is 57.0 Å². The average Bonchev–Trinajstić information content (AvgIpc) is 3.89. The highest BCUT2D eigenvalue weighted by Gasteiger charge is 2.36. The Bertz CT molecular complexity index is 2740. The zero-order chi connectivity index (χ0) is 49.6. The van der Waals surface area contributed by atoms with Crippen LogP contribution < -0.4 is 31.9 Å². The Kier molecular flexibility index (Phi) is 17.0. The number of aliphatic hydroxyl groups is 2. The molecule has 6 amide bonds. The Morgan fingerprint density at radius 2 is 1.04 bits per heavy atom. The molecule has 0 radical (unpaired) electrons. The number of rotatable bonds is 12. The van der Waals surface area contributed by atoms with Gasteiger partial charge in [-0.25, -0.2) is 4.79 Å². The Morgan fingerprint density at radius 1 is 0.543 bits per heavy atom. The number of carboxylic acids is 1. The molecule has 17 heteroatoms. The lowest BCUT2D eigenvalue weighted by Crippen LogP contribution is -2.60. The normalized spacial score (nSPS) is 20.9. The topological polar surface area (TPSA) is 252 Å². The van der Waals surface area contributed by atoms with Gasteiger partial charge in [0.15, 0.2) is 12.2 Å². The van der Waals surface area contributed by atoms with Gasteiger partial charge in [-0.3, -0.25) is 28.8 Å². The van der Waals surface area contributed by atoms with E-state index in [0.29, 0.717) is 27.1 Å². The number of benzene rings is 5. The predicted octanol–water partition coefficient (Wildman–Crippen LogP) is 3.11. The molecule has 3 heterocycles. The van der Waals surface area contributed by atoms with Crippen LogP contribution in [-0.4, -0.2) is 99.1 Å². The lowest BCUT2D eigenvalue weighted by Gasteiger charge is -2.27. The van der Waals surface area contributed by atoms with Gasteiger partial charge in [-0.1, -0.05) is 133 Å². The van der Waals surface area contributed by atoms with Gasteiger partial charge in [0.1, 0.15) is 30.2 Å². The lowest BCUT2D eigenvalue weighted by molar-refractivity contribution is -0.144. The molecule has 0 unspecified atom stereocenters. The number of aliphatic hydroxyl groups excluding tert-OH is 2. The number of carbonyl (C=O) groups is 7. The molecule has 6 aromatic rings. The van der Waals surface area contributed by atoms with Gasteiger partial charge in [0.2, 0.25) is 23.6 Å². The van der Waals surface area contributed by atoms with E-state index in [9.17, 15) is 48.9 Å². The molecule has 0 saturated carbocycles. The molecule has 5 aromatic carbocycles. The fraction of sp³-hybridized carbons (Fsp3) is 0.226. The first-order valence-electron chi connectivity index (χ1n) is 22.5. The van der Waals surface area contributed by atoms with Crippen molar-refractivity contribution in [2.75, 3.05) is 5.32 Å². The fourth-order valence-corrected chi connectivity index (χ4v) is 8.63. The molecule has 7 atom stereocenters. The van der Waals surface area contributed by atoms with Crippen LogP contribution in [-0.2, 0) is 65.7 Å². The summed E-state index contributed by atoms with van der Waals surface area (Å²) < 4.78 is 0. The van der Waals surface area contributed by atoms with Crippen molar-refractivity contribution in [2.24, 2.45) is 0 Å². The number of carbonyl (C=O) groups excluding carboxylic acids is 6. The Hall–Kier alpha value is -7.99. The maximum Gasteiger partial charge on any atom is 0.326 e. The number of hydrogen-bond donors (Lipinski definition) is 9. The number of fused-ring (bicyclic) bond motifs is 18. The number of aliphatic carboxylic acids is 1. The Morgan fingerprint density at radius 3 is 1.61 bits per heavy atom. The summed E-state index contributed by atoms with van der Waals surface area (Å²) in [5, 5.41) is 49.6. The summed E-state index contributed by atoms with van der Waals surface area (Å²) in [5.74, 6) is -7.01. The van der Waals surface area contributed by atoms with E-state index in [0.717, 1.165) is 11.1 Å². The number of carboxylic acid groups (broad SMARTS) is 1. The SMILES string of the molecule is O=C(O)[C@H](Cc1ccccc1)NC(=O)[C@H]1Cc2ccc(cc2)NC(=O)[C@H](O)[C@@H](O)C(=O)N[C@@H](Cc2cccs2)C(=O)N[C@H](Cc2ccc(-c3ccccc3)cc2)C(=O)N[C@@H](Cc2ccccc2)C(=O)N1. The van der Waals surface area contributed by atoms with Crippen LogP contribution in [0.3, 0.4) is 0 Å². The molecule has 360 valence electrons. The molecular weight excluding hydrogens is 913 g/mol. The van der Waals surface area contributed by atoms with Gasteiger partial charge in [0.25, 0.3) is 11.8 Å². The van der Waals surface area contributed by atoms with Crippen LogP contribution in [0.2, 0.25) is 0 Å². The molecule has 70 heavy (non-hydrogen) atoms. The van der Waals surface area contributed by atoms with Gasteiger partial charge >= 0.3 is 5.97 Å². The van der Waals surface area contributed by atoms with Crippen molar-refractivity contribution in [2.45, 2.75) is 74.5 Å². The minimum Gasteiger partial charge on any atom is -0.480 e. The van der Waals surface area contributed by atoms with E-state index in [-0.39, 0.29) is 37.8 Å². The maximum absolute atomic E-state index is 14.8. The highest BCUT2D eigenvalue weighted by atomic mass is 32.1. The Balaban J connectivity index is 1.26. The van der Waals surface area contributed by atoms with E-state index in [1.54, 1.807) is 90.3 Å². The summed E-state index contributed by atoms with van der Waals surface area (Å²) in [6, 6.07) is 36.7. The van der Waals surface area contributed by atoms with Crippen LogP contribution in [0.15, 0.2) is 157 Å². The number of thiophene rings is 1. The van der Waals surface area contributed by atoms with Gasteiger partial charge in [0, 0.05) is 42.7 Å². The van der Waals surface area contributed by atoms with Crippen LogP contribution in [0.25, 0.3) is 11.1 Å². The zero-order valence-electron chi connectivity index (χ0n) is 37.7. The van der Waals surface area contributed by atoms with Crippen molar-refractivity contribution in [3.63, 3.8) is 0 Å². The van der Waals surface area contributed by atoms with Crippen molar-refractivity contribution >= 4 is 58.4 Å². The monoisotopic (exact) mass is 964 g/mol. The third-order valence-corrected chi connectivity index (χ3v) is 12.6. The number of nitrogens with one attached hydrogen (secondary N) is 6. The smallest absolute Gasteiger partial charge is 0.326 e. The van der Waals surface area contributed by atoms with E-state index in [4.69, 9.17) is 0 Å². The molecule has 2 bridgehead atoms. The largest absolute Gasteiger partial charge is 0.480 e. The molecule has 16 nitrogen and oxygen atoms in total. The first kappa shape index (κ1) is 49.9. The molecule has 2 aliphatic rings. The molecule has 2 aliphatic heterocycles. The first-order valence-corrected chi connectivity index (χ1v) is 23.4. The van der Waals surface area contributed by atoms with Crippen LogP contribution in [0.4, 0.5) is 5.69 Å². The Labute approximate surface area is 407 Å². The van der Waals surface area contributed by atoms with E-state index in [1.165, 1.54) is 35.6 Å². The second-order valence-electron chi connectivity index (χ2n) is 16.9. The van der Waals surface area contributed by atoms with Crippen molar-refractivity contribution in [3.8, 4) is 11.1 Å². The van der Waals surface area contributed by atoms with E-state index in [1.807, 2.05) is 42.5 Å². The van der Waals surface area contributed by atoms with Gasteiger partial charge < -0.3 is 47.2 Å². The predicted molar refractivity (Wildman–Crippen MR) is 262 cm³/mol. The summed E-state index contributed by atoms with van der Waals surface area (Å²) in [6.45, 7) is 0. The third kappa shape index (κ3) is 13.8. The number of hydrogen-bond acceptors (Lipinski definition) is 10. The fourth-order valence-electron chi connectivity index (χ4n) is 7.88. The molecule has 9 N–H and O–H groups in total. The number of amides is 6. The van der Waals surface area contributed by atoms with Crippen LogP contribution in [0, 0.1) is 0 Å². The van der Waals surface area contributed by atoms with Crippen LogP contribution in [0.1, 0.15) is 27.1 Å².